The summed E-state index contributed by atoms with van der Waals surface area (Å²) in [5.74, 6) is 0.979. The van der Waals surface area contributed by atoms with Crippen molar-refractivity contribution in [2.75, 3.05) is 32.5 Å². The Hall–Kier alpha value is -2.43. The average molecular weight is 421 g/mol. The quantitative estimate of drug-likeness (QED) is 0.572. The Morgan fingerprint density at radius 3 is 2.57 bits per heavy atom. The number of nitrogens with one attached hydrogen (secondary N) is 1. The van der Waals surface area contributed by atoms with E-state index in [1.807, 2.05) is 18.3 Å². The molecule has 1 aliphatic carbocycles. The van der Waals surface area contributed by atoms with Gasteiger partial charge in [0.2, 0.25) is 5.95 Å². The summed E-state index contributed by atoms with van der Waals surface area (Å²) in [6.07, 6.45) is 2.88. The van der Waals surface area contributed by atoms with Gasteiger partial charge in [-0.3, -0.25) is 0 Å². The van der Waals surface area contributed by atoms with E-state index in [0.717, 1.165) is 30.2 Å². The monoisotopic (exact) mass is 420 g/mol. The lowest BCUT2D eigenvalue weighted by atomic mass is 9.78. The highest BCUT2D eigenvalue weighted by Gasteiger charge is 2.27. The van der Waals surface area contributed by atoms with Gasteiger partial charge in [0.05, 0.1) is 5.69 Å². The van der Waals surface area contributed by atoms with Gasteiger partial charge in [-0.2, -0.15) is 0 Å². The molecule has 30 heavy (non-hydrogen) atoms. The molecule has 1 heterocycles. The van der Waals surface area contributed by atoms with Crippen LogP contribution in [0.5, 0.6) is 0 Å². The van der Waals surface area contributed by atoms with Crippen molar-refractivity contribution in [1.82, 2.24) is 14.9 Å². The lowest BCUT2D eigenvalue weighted by molar-refractivity contribution is 0.254. The third-order valence-electron chi connectivity index (χ3n) is 5.62. The summed E-state index contributed by atoms with van der Waals surface area (Å²) in [7, 11) is 4.20. The maximum atomic E-state index is 6.11. The molecule has 1 unspecified atom stereocenters. The Kier molecular flexibility index (Phi) is 5.81. The Bertz CT molecular complexity index is 1030. The summed E-state index contributed by atoms with van der Waals surface area (Å²) < 4.78 is 0. The van der Waals surface area contributed by atoms with Crippen LogP contribution >= 0.6 is 11.6 Å². The van der Waals surface area contributed by atoms with E-state index in [2.05, 4.69) is 79.5 Å². The zero-order valence-electron chi connectivity index (χ0n) is 18.1. The molecular formula is C25H29ClN4. The molecule has 0 spiro atoms. The number of benzene rings is 2. The summed E-state index contributed by atoms with van der Waals surface area (Å²) >= 11 is 6.11. The average Bonchev–Trinajstić information content (AvgIpc) is 2.71. The number of aromatic nitrogens is 2. The Morgan fingerprint density at radius 1 is 1.10 bits per heavy atom. The molecule has 1 aliphatic rings. The molecule has 1 aromatic heterocycles. The normalized spacial score (nSPS) is 15.6. The second-order valence-corrected chi connectivity index (χ2v) is 9.65. The first kappa shape index (κ1) is 20.8. The zero-order chi connectivity index (χ0) is 21.3. The van der Waals surface area contributed by atoms with Crippen LogP contribution in [-0.4, -0.2) is 42.1 Å². The van der Waals surface area contributed by atoms with Crippen LogP contribution in [0.2, 0.25) is 5.02 Å². The first-order valence-electron chi connectivity index (χ1n) is 10.4. The van der Waals surface area contributed by atoms with Crippen LogP contribution in [0.15, 0.2) is 54.7 Å². The van der Waals surface area contributed by atoms with Crippen LogP contribution in [0, 0.1) is 5.41 Å². The second kappa shape index (κ2) is 8.37. The van der Waals surface area contributed by atoms with Crippen LogP contribution < -0.4 is 5.32 Å². The molecule has 156 valence electrons. The summed E-state index contributed by atoms with van der Waals surface area (Å²) in [6.45, 7) is 6.32. The Morgan fingerprint density at radius 2 is 1.83 bits per heavy atom. The summed E-state index contributed by atoms with van der Waals surface area (Å²) in [6, 6.07) is 16.8. The number of hydrogen-bond acceptors (Lipinski definition) is 4. The second-order valence-electron chi connectivity index (χ2n) is 9.22. The van der Waals surface area contributed by atoms with Crippen LogP contribution in [0.25, 0.3) is 11.3 Å². The number of hydrogen-bond donors (Lipinski definition) is 1. The fourth-order valence-electron chi connectivity index (χ4n) is 4.44. The van der Waals surface area contributed by atoms with Crippen LogP contribution in [0.4, 0.5) is 5.95 Å². The summed E-state index contributed by atoms with van der Waals surface area (Å²) in [5.41, 5.74) is 6.12. The van der Waals surface area contributed by atoms with E-state index >= 15 is 0 Å². The molecule has 4 rings (SSSR count). The highest BCUT2D eigenvalue weighted by Crippen LogP contribution is 2.42. The number of nitrogens with zero attached hydrogens (tertiary/aromatic N) is 3. The van der Waals surface area contributed by atoms with Gasteiger partial charge < -0.3 is 10.2 Å². The minimum atomic E-state index is 0.125. The fourth-order valence-corrected chi connectivity index (χ4v) is 4.57. The molecule has 0 radical (unpaired) electrons. The van der Waals surface area contributed by atoms with E-state index in [-0.39, 0.29) is 11.3 Å². The first-order chi connectivity index (χ1) is 14.3. The van der Waals surface area contributed by atoms with Gasteiger partial charge in [0, 0.05) is 35.8 Å². The van der Waals surface area contributed by atoms with Crippen molar-refractivity contribution < 1.29 is 0 Å². The lowest BCUT2D eigenvalue weighted by Gasteiger charge is -2.29. The molecular weight excluding hydrogens is 392 g/mol. The minimum Gasteiger partial charge on any atom is -0.354 e. The summed E-state index contributed by atoms with van der Waals surface area (Å²) in [4.78, 5) is 11.8. The maximum absolute atomic E-state index is 6.11. The molecule has 1 N–H and O–H groups in total. The third kappa shape index (κ3) is 4.50. The van der Waals surface area contributed by atoms with Crippen molar-refractivity contribution in [3.8, 4) is 11.3 Å². The highest BCUT2D eigenvalue weighted by atomic mass is 35.5. The Balaban J connectivity index is 1.63. The largest absolute Gasteiger partial charge is 0.354 e. The van der Waals surface area contributed by atoms with E-state index in [1.54, 1.807) is 0 Å². The molecule has 0 amide bonds. The van der Waals surface area contributed by atoms with Gasteiger partial charge in [-0.05, 0) is 54.8 Å². The van der Waals surface area contributed by atoms with E-state index < -0.39 is 0 Å². The molecule has 4 nitrogen and oxygen atoms in total. The van der Waals surface area contributed by atoms with Crippen molar-refractivity contribution in [3.05, 3.63) is 76.4 Å². The topological polar surface area (TPSA) is 41.0 Å². The van der Waals surface area contributed by atoms with Gasteiger partial charge >= 0.3 is 0 Å². The van der Waals surface area contributed by atoms with Gasteiger partial charge in [-0.15, -0.1) is 0 Å². The van der Waals surface area contributed by atoms with Crippen molar-refractivity contribution in [2.24, 2.45) is 5.41 Å². The van der Waals surface area contributed by atoms with Gasteiger partial charge in [-0.1, -0.05) is 61.8 Å². The molecule has 0 fully saturated rings. The van der Waals surface area contributed by atoms with Crippen molar-refractivity contribution in [1.29, 1.82) is 0 Å². The predicted octanol–water partition coefficient (Wildman–Crippen LogP) is 5.48. The van der Waals surface area contributed by atoms with Gasteiger partial charge in [-0.25, -0.2) is 9.97 Å². The molecule has 1 atom stereocenters. The molecule has 0 aliphatic heterocycles. The smallest absolute Gasteiger partial charge is 0.223 e. The van der Waals surface area contributed by atoms with Crippen LogP contribution in [-0.2, 0) is 6.42 Å². The van der Waals surface area contributed by atoms with E-state index in [9.17, 15) is 0 Å². The molecule has 0 saturated carbocycles. The van der Waals surface area contributed by atoms with Gasteiger partial charge in [0.25, 0.3) is 0 Å². The zero-order valence-corrected chi connectivity index (χ0v) is 18.9. The maximum Gasteiger partial charge on any atom is 0.223 e. The minimum absolute atomic E-state index is 0.125. The molecule has 3 aromatic rings. The lowest BCUT2D eigenvalue weighted by Crippen LogP contribution is -2.34. The molecule has 0 saturated heterocycles. The van der Waals surface area contributed by atoms with Crippen LogP contribution in [0.3, 0.4) is 0 Å². The van der Waals surface area contributed by atoms with Crippen molar-refractivity contribution in [3.63, 3.8) is 0 Å². The number of anilines is 1. The van der Waals surface area contributed by atoms with Crippen molar-refractivity contribution in [2.45, 2.75) is 26.2 Å². The molecule has 2 aromatic carbocycles. The first-order valence-corrected chi connectivity index (χ1v) is 10.8. The van der Waals surface area contributed by atoms with Gasteiger partial charge in [0.1, 0.15) is 0 Å². The standard InChI is InChI=1S/C25H29ClN4/c1-25(2,16-30(3)4)15-28-24-27-14-18-13-22(17-9-11-19(26)12-10-17)20-7-5-6-8-21(20)23(18)29-24/h5-12,14,22H,13,15-16H2,1-4H3,(H,27,28,29). The highest BCUT2D eigenvalue weighted by molar-refractivity contribution is 6.30. The van der Waals surface area contributed by atoms with E-state index in [0.29, 0.717) is 5.95 Å². The fraction of sp³-hybridized carbons (Fsp3) is 0.360. The van der Waals surface area contributed by atoms with Crippen LogP contribution in [0.1, 0.15) is 36.5 Å². The number of fused-ring (bicyclic) bond motifs is 3. The van der Waals surface area contributed by atoms with Gasteiger partial charge in [0.15, 0.2) is 0 Å². The third-order valence-corrected chi connectivity index (χ3v) is 5.87. The predicted molar refractivity (Wildman–Crippen MR) is 125 cm³/mol. The van der Waals surface area contributed by atoms with E-state index in [4.69, 9.17) is 16.6 Å². The number of halogens is 1. The molecule has 0 bridgehead atoms. The van der Waals surface area contributed by atoms with Crippen molar-refractivity contribution >= 4 is 17.5 Å². The molecule has 5 heteroatoms. The summed E-state index contributed by atoms with van der Waals surface area (Å²) in [5, 5.41) is 4.22. The van der Waals surface area contributed by atoms with E-state index in [1.165, 1.54) is 22.3 Å². The Labute approximate surface area is 184 Å². The SMILES string of the molecule is CN(C)CC(C)(C)CNc1ncc2c(n1)-c1ccccc1C(c1ccc(Cl)cc1)C2. The number of rotatable bonds is 6.